The van der Waals surface area contributed by atoms with Crippen molar-refractivity contribution in [3.63, 3.8) is 0 Å². The first-order chi connectivity index (χ1) is 10.2. The first kappa shape index (κ1) is 15.5. The van der Waals surface area contributed by atoms with Crippen LogP contribution in [0.15, 0.2) is 30.3 Å². The molecule has 5 heteroatoms. The number of anilines is 1. The third kappa shape index (κ3) is 3.24. The van der Waals surface area contributed by atoms with Crippen molar-refractivity contribution < 1.29 is 14.3 Å². The van der Waals surface area contributed by atoms with E-state index < -0.39 is 5.54 Å². The minimum absolute atomic E-state index is 0.223. The number of nitrogens with zero attached hydrogens (tertiary/aromatic N) is 1. The predicted molar refractivity (Wildman–Crippen MR) is 81.3 cm³/mol. The monoisotopic (exact) mass is 290 g/mol. The fourth-order valence-electron chi connectivity index (χ4n) is 2.99. The second kappa shape index (κ2) is 7.22. The van der Waals surface area contributed by atoms with E-state index in [2.05, 4.69) is 5.32 Å². The summed E-state index contributed by atoms with van der Waals surface area (Å²) in [6, 6.07) is 9.76. The van der Waals surface area contributed by atoms with Crippen LogP contribution < -0.4 is 10.2 Å². The summed E-state index contributed by atoms with van der Waals surface area (Å²) in [5.74, 6) is -0.223. The highest BCUT2D eigenvalue weighted by atomic mass is 16.5. The topological polar surface area (TPSA) is 58.6 Å². The first-order valence-corrected chi connectivity index (χ1v) is 7.30. The Morgan fingerprint density at radius 3 is 2.57 bits per heavy atom. The molecule has 1 aliphatic rings. The molecule has 1 aromatic carbocycles. The Morgan fingerprint density at radius 2 is 2.00 bits per heavy atom. The van der Waals surface area contributed by atoms with Crippen LogP contribution in [0, 0.1) is 0 Å². The summed E-state index contributed by atoms with van der Waals surface area (Å²) in [7, 11) is 1.43. The third-order valence-corrected chi connectivity index (χ3v) is 4.05. The molecule has 1 aliphatic heterocycles. The maximum atomic E-state index is 12.5. The van der Waals surface area contributed by atoms with Crippen LogP contribution in [0.1, 0.15) is 19.3 Å². The largest absolute Gasteiger partial charge is 0.467 e. The molecule has 0 radical (unpaired) electrons. The summed E-state index contributed by atoms with van der Waals surface area (Å²) in [6.07, 6.45) is 2.63. The Bertz CT molecular complexity index is 470. The van der Waals surface area contributed by atoms with Gasteiger partial charge < -0.3 is 19.7 Å². The second-order valence-corrected chi connectivity index (χ2v) is 5.22. The molecule has 114 valence electrons. The van der Waals surface area contributed by atoms with Crippen molar-refractivity contribution in [2.75, 3.05) is 31.6 Å². The molecule has 5 nitrogen and oxygen atoms in total. The molecule has 1 heterocycles. The molecule has 0 aromatic heterocycles. The normalized spacial score (nSPS) is 17.0. The lowest BCUT2D eigenvalue weighted by molar-refractivity contribution is -0.148. The summed E-state index contributed by atoms with van der Waals surface area (Å²) in [5, 5.41) is 3.28. The van der Waals surface area contributed by atoms with Gasteiger partial charge in [0.2, 0.25) is 0 Å². The van der Waals surface area contributed by atoms with Gasteiger partial charge in [-0.25, -0.2) is 4.79 Å². The van der Waals surface area contributed by atoms with Crippen molar-refractivity contribution in [2.45, 2.75) is 24.8 Å². The van der Waals surface area contributed by atoms with Crippen LogP contribution >= 0.6 is 0 Å². The van der Waals surface area contributed by atoms with E-state index in [0.717, 1.165) is 25.1 Å². The predicted octanol–water partition coefficient (Wildman–Crippen LogP) is 1.38. The van der Waals surface area contributed by atoms with Crippen molar-refractivity contribution in [3.8, 4) is 0 Å². The van der Waals surface area contributed by atoms with Crippen molar-refractivity contribution in [1.82, 2.24) is 5.32 Å². The molecule has 1 aromatic rings. The number of piperidine rings is 1. The fourth-order valence-corrected chi connectivity index (χ4v) is 2.99. The van der Waals surface area contributed by atoms with Crippen molar-refractivity contribution in [3.05, 3.63) is 30.3 Å². The maximum absolute atomic E-state index is 12.5. The van der Waals surface area contributed by atoms with Crippen LogP contribution in [0.2, 0.25) is 0 Å². The Labute approximate surface area is 125 Å². The lowest BCUT2D eigenvalue weighted by Crippen LogP contribution is -2.60. The zero-order chi connectivity index (χ0) is 15.1. The van der Waals surface area contributed by atoms with E-state index in [-0.39, 0.29) is 5.97 Å². The number of para-hydroxylation sites is 1. The third-order valence-electron chi connectivity index (χ3n) is 4.05. The molecule has 21 heavy (non-hydrogen) atoms. The van der Waals surface area contributed by atoms with E-state index in [9.17, 15) is 9.59 Å². The van der Waals surface area contributed by atoms with Gasteiger partial charge in [0, 0.05) is 18.7 Å². The summed E-state index contributed by atoms with van der Waals surface area (Å²) >= 11 is 0. The second-order valence-electron chi connectivity index (χ2n) is 5.22. The molecular formula is C16H22N2O3. The minimum atomic E-state index is -0.690. The number of hydrogen-bond donors (Lipinski definition) is 1. The molecule has 1 N–H and O–H groups in total. The standard InChI is InChI=1S/C16H22N2O3/c1-21-15(20)16(8-10-17-11-9-16)18(12-5-13-19)14-6-3-2-4-7-14/h2-4,6-7,13,17H,5,8-12H2,1H3. The maximum Gasteiger partial charge on any atom is 0.331 e. The summed E-state index contributed by atoms with van der Waals surface area (Å²) in [6.45, 7) is 2.04. The lowest BCUT2D eigenvalue weighted by Gasteiger charge is -2.45. The van der Waals surface area contributed by atoms with Gasteiger partial charge in [0.25, 0.3) is 0 Å². The Hall–Kier alpha value is -1.88. The lowest BCUT2D eigenvalue weighted by atomic mass is 9.85. The molecule has 1 saturated heterocycles. The number of aldehydes is 1. The van der Waals surface area contributed by atoms with Gasteiger partial charge in [-0.15, -0.1) is 0 Å². The number of nitrogens with one attached hydrogen (secondary N) is 1. The Kier molecular flexibility index (Phi) is 5.33. The van der Waals surface area contributed by atoms with Crippen LogP contribution in [-0.2, 0) is 14.3 Å². The number of methoxy groups -OCH3 is 1. The smallest absolute Gasteiger partial charge is 0.331 e. The number of esters is 1. The molecule has 0 aliphatic carbocycles. The quantitative estimate of drug-likeness (QED) is 0.633. The summed E-state index contributed by atoms with van der Waals surface area (Å²) in [5.41, 5.74) is 0.260. The molecule has 1 fully saturated rings. The van der Waals surface area contributed by atoms with Gasteiger partial charge in [-0.05, 0) is 38.1 Å². The van der Waals surface area contributed by atoms with Gasteiger partial charge in [0.05, 0.1) is 7.11 Å². The van der Waals surface area contributed by atoms with E-state index in [1.807, 2.05) is 35.2 Å². The molecule has 0 atom stereocenters. The average Bonchev–Trinajstić information content (AvgIpc) is 2.56. The van der Waals surface area contributed by atoms with Gasteiger partial charge in [0.15, 0.2) is 0 Å². The van der Waals surface area contributed by atoms with Crippen LogP contribution in [0.25, 0.3) is 0 Å². The van der Waals surface area contributed by atoms with E-state index in [4.69, 9.17) is 4.74 Å². The SMILES string of the molecule is COC(=O)C1(N(CCC=O)c2ccccc2)CCNCC1. The Balaban J connectivity index is 2.39. The van der Waals surface area contributed by atoms with Gasteiger partial charge in [-0.1, -0.05) is 18.2 Å². The molecule has 0 bridgehead atoms. The van der Waals surface area contributed by atoms with Crippen molar-refractivity contribution >= 4 is 17.9 Å². The minimum Gasteiger partial charge on any atom is -0.467 e. The van der Waals surface area contributed by atoms with Gasteiger partial charge in [0.1, 0.15) is 11.8 Å². The van der Waals surface area contributed by atoms with Crippen molar-refractivity contribution in [2.24, 2.45) is 0 Å². The summed E-state index contributed by atoms with van der Waals surface area (Å²) in [4.78, 5) is 25.3. The van der Waals surface area contributed by atoms with Gasteiger partial charge in [-0.2, -0.15) is 0 Å². The fraction of sp³-hybridized carbons (Fsp3) is 0.500. The molecule has 2 rings (SSSR count). The van der Waals surface area contributed by atoms with Crippen LogP contribution in [0.4, 0.5) is 5.69 Å². The van der Waals surface area contributed by atoms with Gasteiger partial charge >= 0.3 is 5.97 Å². The number of rotatable bonds is 6. The van der Waals surface area contributed by atoms with E-state index in [1.54, 1.807) is 0 Å². The zero-order valence-corrected chi connectivity index (χ0v) is 12.4. The van der Waals surface area contributed by atoms with Gasteiger partial charge in [-0.3, -0.25) is 0 Å². The molecule has 0 saturated carbocycles. The highest BCUT2D eigenvalue weighted by molar-refractivity contribution is 5.85. The molecule has 0 amide bonds. The number of benzene rings is 1. The number of hydrogen-bond acceptors (Lipinski definition) is 5. The number of carbonyl (C=O) groups excluding carboxylic acids is 2. The highest BCUT2D eigenvalue weighted by Gasteiger charge is 2.45. The van der Waals surface area contributed by atoms with Crippen molar-refractivity contribution in [1.29, 1.82) is 0 Å². The number of ether oxygens (including phenoxy) is 1. The molecule has 0 unspecified atom stereocenters. The van der Waals surface area contributed by atoms with E-state index in [1.165, 1.54) is 7.11 Å². The average molecular weight is 290 g/mol. The first-order valence-electron chi connectivity index (χ1n) is 7.30. The molecule has 0 spiro atoms. The Morgan fingerprint density at radius 1 is 1.33 bits per heavy atom. The van der Waals surface area contributed by atoms with E-state index in [0.29, 0.717) is 25.8 Å². The van der Waals surface area contributed by atoms with Crippen LogP contribution in [0.3, 0.4) is 0 Å². The molecular weight excluding hydrogens is 268 g/mol. The summed E-state index contributed by atoms with van der Waals surface area (Å²) < 4.78 is 5.08. The van der Waals surface area contributed by atoms with Crippen LogP contribution in [-0.4, -0.2) is 44.5 Å². The van der Waals surface area contributed by atoms with E-state index >= 15 is 0 Å². The number of carbonyl (C=O) groups is 2. The van der Waals surface area contributed by atoms with Crippen LogP contribution in [0.5, 0.6) is 0 Å². The highest BCUT2D eigenvalue weighted by Crippen LogP contribution is 2.32. The zero-order valence-electron chi connectivity index (χ0n) is 12.4.